The van der Waals surface area contributed by atoms with Crippen LogP contribution in [0.2, 0.25) is 0 Å². The van der Waals surface area contributed by atoms with Crippen molar-refractivity contribution in [3.8, 4) is 6.07 Å². The summed E-state index contributed by atoms with van der Waals surface area (Å²) < 4.78 is 13.0. The van der Waals surface area contributed by atoms with Crippen LogP contribution in [0, 0.1) is 34.2 Å². The third-order valence-corrected chi connectivity index (χ3v) is 3.35. The van der Waals surface area contributed by atoms with E-state index in [0.717, 1.165) is 17.0 Å². The second-order valence-electron chi connectivity index (χ2n) is 3.76. The lowest BCUT2D eigenvalue weighted by Gasteiger charge is -2.05. The lowest BCUT2D eigenvalue weighted by atomic mass is 10.2. The molecule has 1 heterocycles. The molecule has 1 aromatic carbocycles. The summed E-state index contributed by atoms with van der Waals surface area (Å²) in [6, 6.07) is 6.93. The highest BCUT2D eigenvalue weighted by atomic mass is 32.1. The zero-order chi connectivity index (χ0) is 14.0. The first-order valence-corrected chi connectivity index (χ1v) is 6.04. The Balaban J connectivity index is 2.44. The zero-order valence-corrected chi connectivity index (χ0v) is 10.6. The molecule has 0 saturated heterocycles. The van der Waals surface area contributed by atoms with Crippen LogP contribution in [0.4, 0.5) is 20.8 Å². The van der Waals surface area contributed by atoms with Crippen LogP contribution in [-0.2, 0) is 0 Å². The molecular weight excluding hydrogens is 269 g/mol. The Hall–Kier alpha value is -2.46. The van der Waals surface area contributed by atoms with Crippen LogP contribution < -0.4 is 5.32 Å². The number of nitrogens with zero attached hydrogens (tertiary/aromatic N) is 2. The Kier molecular flexibility index (Phi) is 3.44. The number of aryl methyl sites for hydroxylation is 1. The van der Waals surface area contributed by atoms with Gasteiger partial charge in [-0.2, -0.15) is 5.26 Å². The van der Waals surface area contributed by atoms with Gasteiger partial charge in [-0.05, 0) is 25.1 Å². The maximum absolute atomic E-state index is 13.0. The van der Waals surface area contributed by atoms with Gasteiger partial charge >= 0.3 is 0 Å². The number of hydrogen-bond acceptors (Lipinski definition) is 5. The molecule has 0 unspecified atom stereocenters. The first kappa shape index (κ1) is 13.0. The first-order valence-electron chi connectivity index (χ1n) is 5.22. The summed E-state index contributed by atoms with van der Waals surface area (Å²) in [6.07, 6.45) is 0. The third kappa shape index (κ3) is 2.69. The molecule has 96 valence electrons. The summed E-state index contributed by atoms with van der Waals surface area (Å²) in [5.74, 6) is -0.680. The van der Waals surface area contributed by atoms with Crippen molar-refractivity contribution in [1.82, 2.24) is 0 Å². The lowest BCUT2D eigenvalue weighted by Crippen LogP contribution is -1.97. The van der Waals surface area contributed by atoms with Gasteiger partial charge in [-0.1, -0.05) is 0 Å². The average molecular weight is 277 g/mol. The van der Waals surface area contributed by atoms with Gasteiger partial charge in [-0.3, -0.25) is 10.1 Å². The van der Waals surface area contributed by atoms with E-state index < -0.39 is 10.7 Å². The van der Waals surface area contributed by atoms with Gasteiger partial charge in [0, 0.05) is 4.88 Å². The van der Waals surface area contributed by atoms with Gasteiger partial charge < -0.3 is 5.32 Å². The van der Waals surface area contributed by atoms with E-state index in [0.29, 0.717) is 10.6 Å². The maximum Gasteiger partial charge on any atom is 0.295 e. The molecule has 0 spiro atoms. The largest absolute Gasteiger partial charge is 0.341 e. The molecule has 0 aliphatic rings. The van der Waals surface area contributed by atoms with Crippen molar-refractivity contribution in [1.29, 1.82) is 5.26 Å². The van der Waals surface area contributed by atoms with Crippen molar-refractivity contribution in [2.45, 2.75) is 6.92 Å². The highest BCUT2D eigenvalue weighted by molar-refractivity contribution is 7.16. The summed E-state index contributed by atoms with van der Waals surface area (Å²) >= 11 is 1.31. The summed E-state index contributed by atoms with van der Waals surface area (Å²) in [5.41, 5.74) is 0.195. The summed E-state index contributed by atoms with van der Waals surface area (Å²) in [5, 5.41) is 23.1. The number of nitrogens with one attached hydrogen (secondary N) is 1. The van der Waals surface area contributed by atoms with E-state index in [2.05, 4.69) is 5.32 Å². The van der Waals surface area contributed by atoms with Gasteiger partial charge in [0.1, 0.15) is 22.6 Å². The molecule has 0 bridgehead atoms. The molecule has 0 aliphatic carbocycles. The van der Waals surface area contributed by atoms with E-state index in [1.54, 1.807) is 6.07 Å². The number of thiophene rings is 1. The molecule has 0 amide bonds. The average Bonchev–Trinajstić information content (AvgIpc) is 2.71. The molecule has 0 aliphatic heterocycles. The number of nitro groups is 1. The summed E-state index contributed by atoms with van der Waals surface area (Å²) in [6.45, 7) is 1.83. The van der Waals surface area contributed by atoms with Gasteiger partial charge in [0.25, 0.3) is 5.69 Å². The summed E-state index contributed by atoms with van der Waals surface area (Å²) in [7, 11) is 0. The van der Waals surface area contributed by atoms with Crippen LogP contribution in [0.5, 0.6) is 0 Å². The van der Waals surface area contributed by atoms with E-state index in [1.165, 1.54) is 17.4 Å². The number of halogens is 1. The van der Waals surface area contributed by atoms with Crippen molar-refractivity contribution < 1.29 is 9.31 Å². The molecule has 5 nitrogen and oxygen atoms in total. The van der Waals surface area contributed by atoms with E-state index >= 15 is 0 Å². The van der Waals surface area contributed by atoms with Gasteiger partial charge in [0.2, 0.25) is 0 Å². The Bertz CT molecular complexity index is 691. The van der Waals surface area contributed by atoms with E-state index in [-0.39, 0.29) is 11.4 Å². The Labute approximate surface area is 112 Å². The Morgan fingerprint density at radius 2 is 2.21 bits per heavy atom. The van der Waals surface area contributed by atoms with Crippen molar-refractivity contribution in [3.05, 3.63) is 50.6 Å². The monoisotopic (exact) mass is 277 g/mol. The summed E-state index contributed by atoms with van der Waals surface area (Å²) in [4.78, 5) is 11.1. The molecule has 1 N–H and O–H groups in total. The topological polar surface area (TPSA) is 79.0 Å². The molecule has 0 atom stereocenters. The second kappa shape index (κ2) is 5.04. The van der Waals surface area contributed by atoms with Crippen LogP contribution in [0.15, 0.2) is 24.3 Å². The SMILES string of the molecule is Cc1cc(C#N)c(Nc2ccc(F)cc2[N+](=O)[O-])s1. The Morgan fingerprint density at radius 1 is 1.47 bits per heavy atom. The molecule has 0 fully saturated rings. The van der Waals surface area contributed by atoms with Gasteiger partial charge in [-0.25, -0.2) is 4.39 Å². The second-order valence-corrected chi connectivity index (χ2v) is 5.01. The molecule has 2 rings (SSSR count). The van der Waals surface area contributed by atoms with E-state index in [4.69, 9.17) is 5.26 Å². The van der Waals surface area contributed by atoms with Crippen molar-refractivity contribution in [2.24, 2.45) is 0 Å². The quantitative estimate of drug-likeness (QED) is 0.685. The highest BCUT2D eigenvalue weighted by Crippen LogP contribution is 2.34. The molecule has 0 saturated carbocycles. The minimum absolute atomic E-state index is 0.157. The van der Waals surface area contributed by atoms with Crippen LogP contribution >= 0.6 is 11.3 Å². The number of benzene rings is 1. The third-order valence-electron chi connectivity index (χ3n) is 2.38. The van der Waals surface area contributed by atoms with Gasteiger partial charge in [0.05, 0.1) is 16.6 Å². The maximum atomic E-state index is 13.0. The number of nitriles is 1. The predicted molar refractivity (Wildman–Crippen MR) is 70.1 cm³/mol. The van der Waals surface area contributed by atoms with Crippen molar-refractivity contribution in [2.75, 3.05) is 5.32 Å². The van der Waals surface area contributed by atoms with Crippen LogP contribution in [0.3, 0.4) is 0 Å². The van der Waals surface area contributed by atoms with Crippen LogP contribution in [0.25, 0.3) is 0 Å². The minimum atomic E-state index is -0.680. The zero-order valence-electron chi connectivity index (χ0n) is 9.81. The van der Waals surface area contributed by atoms with Crippen LogP contribution in [-0.4, -0.2) is 4.92 Å². The van der Waals surface area contributed by atoms with Crippen molar-refractivity contribution >= 4 is 27.7 Å². The standard InChI is InChI=1S/C12H8FN3O2S/c1-7-4-8(6-14)12(19-7)15-10-3-2-9(13)5-11(10)16(17)18/h2-5,15H,1H3. The lowest BCUT2D eigenvalue weighted by molar-refractivity contribution is -0.384. The first-order chi connectivity index (χ1) is 9.01. The van der Waals surface area contributed by atoms with Gasteiger partial charge in [0.15, 0.2) is 0 Å². The fourth-order valence-electron chi connectivity index (χ4n) is 1.57. The van der Waals surface area contributed by atoms with Crippen LogP contribution in [0.1, 0.15) is 10.4 Å². The molecule has 7 heteroatoms. The molecule has 1 aromatic heterocycles. The smallest absolute Gasteiger partial charge is 0.295 e. The van der Waals surface area contributed by atoms with Crippen molar-refractivity contribution in [3.63, 3.8) is 0 Å². The number of anilines is 2. The fraction of sp³-hybridized carbons (Fsp3) is 0.0833. The number of rotatable bonds is 3. The molecular formula is C12H8FN3O2S. The number of hydrogen-bond donors (Lipinski definition) is 1. The molecule has 2 aromatic rings. The number of nitro benzene ring substituents is 1. The highest BCUT2D eigenvalue weighted by Gasteiger charge is 2.17. The fourth-order valence-corrected chi connectivity index (χ4v) is 2.45. The van der Waals surface area contributed by atoms with E-state index in [1.807, 2.05) is 13.0 Å². The minimum Gasteiger partial charge on any atom is -0.341 e. The van der Waals surface area contributed by atoms with E-state index in [9.17, 15) is 14.5 Å². The Morgan fingerprint density at radius 3 is 2.84 bits per heavy atom. The molecule has 19 heavy (non-hydrogen) atoms. The normalized spacial score (nSPS) is 9.95. The predicted octanol–water partition coefficient (Wildman–Crippen LogP) is 3.72. The van der Waals surface area contributed by atoms with Gasteiger partial charge in [-0.15, -0.1) is 11.3 Å². The molecule has 0 radical (unpaired) electrons.